The molecule has 0 spiro atoms. The first kappa shape index (κ1) is 16.9. The molecule has 2 atom stereocenters. The molecule has 0 radical (unpaired) electrons. The molecule has 0 N–H and O–H groups in total. The average Bonchev–Trinajstić information content (AvgIpc) is 2.58. The molecule has 1 fully saturated rings. The van der Waals surface area contributed by atoms with Gasteiger partial charge in [-0.05, 0) is 36.8 Å². The Morgan fingerprint density at radius 3 is 2.83 bits per heavy atom. The summed E-state index contributed by atoms with van der Waals surface area (Å²) in [6.07, 6.45) is 4.64. The minimum Gasteiger partial charge on any atom is -0.296 e. The topological polar surface area (TPSA) is 40.6 Å². The van der Waals surface area contributed by atoms with Crippen LogP contribution in [0.5, 0.6) is 0 Å². The highest BCUT2D eigenvalue weighted by atomic mass is 32.2. The molecule has 1 aromatic carbocycles. The third-order valence-electron chi connectivity index (χ3n) is 5.48. The van der Waals surface area contributed by atoms with E-state index in [1.807, 2.05) is 6.92 Å². The quantitative estimate of drug-likeness (QED) is 0.830. The molecule has 2 aliphatic rings. The summed E-state index contributed by atoms with van der Waals surface area (Å²) in [5, 5.41) is 0. The second-order valence-electron chi connectivity index (χ2n) is 6.86. The molecule has 0 bridgehead atoms. The number of nitrogens with zero attached hydrogens (tertiary/aromatic N) is 2. The maximum absolute atomic E-state index is 12.5. The van der Waals surface area contributed by atoms with Gasteiger partial charge in [-0.1, -0.05) is 37.6 Å². The van der Waals surface area contributed by atoms with Gasteiger partial charge in [0, 0.05) is 32.2 Å². The second kappa shape index (κ2) is 6.91. The fourth-order valence-corrected chi connectivity index (χ4v) is 5.55. The number of piperidine rings is 1. The predicted molar refractivity (Wildman–Crippen MR) is 93.9 cm³/mol. The second-order valence-corrected chi connectivity index (χ2v) is 9.01. The lowest BCUT2D eigenvalue weighted by molar-refractivity contribution is 0.0969. The van der Waals surface area contributed by atoms with E-state index in [0.29, 0.717) is 6.04 Å². The van der Waals surface area contributed by atoms with Crippen LogP contribution in [0.2, 0.25) is 0 Å². The van der Waals surface area contributed by atoms with Gasteiger partial charge in [0.05, 0.1) is 5.75 Å². The van der Waals surface area contributed by atoms with E-state index in [1.54, 1.807) is 11.4 Å². The van der Waals surface area contributed by atoms with E-state index in [1.165, 1.54) is 11.1 Å². The highest BCUT2D eigenvalue weighted by Gasteiger charge is 2.37. The molecular formula is C18H28N2O2S. The van der Waals surface area contributed by atoms with Crippen LogP contribution < -0.4 is 0 Å². The van der Waals surface area contributed by atoms with E-state index in [2.05, 4.69) is 29.2 Å². The number of fused-ring (bicyclic) bond motifs is 3. The lowest BCUT2D eigenvalue weighted by Gasteiger charge is -2.45. The van der Waals surface area contributed by atoms with Crippen molar-refractivity contribution in [3.63, 3.8) is 0 Å². The van der Waals surface area contributed by atoms with Gasteiger partial charge in [-0.25, -0.2) is 12.7 Å². The molecule has 0 unspecified atom stereocenters. The SMILES string of the molecule is CCCCS(=O)(=O)N(C)[C@@H]1CCN2CCc3ccccc3[C@@H]2C1. The standard InChI is InChI=1S/C18H28N2O2S/c1-3-4-13-23(21,22)19(2)16-10-12-20-11-9-15-7-5-6-8-17(15)18(20)14-16/h5-8,16,18H,3-4,9-14H2,1-2H3/t16-,18+/m1/s1. The lowest BCUT2D eigenvalue weighted by atomic mass is 9.85. The van der Waals surface area contributed by atoms with Gasteiger partial charge in [-0.15, -0.1) is 0 Å². The number of benzene rings is 1. The van der Waals surface area contributed by atoms with Gasteiger partial charge in [-0.3, -0.25) is 4.90 Å². The summed E-state index contributed by atoms with van der Waals surface area (Å²) in [5.41, 5.74) is 2.84. The first-order valence-electron chi connectivity index (χ1n) is 8.80. The van der Waals surface area contributed by atoms with Gasteiger partial charge >= 0.3 is 0 Å². The van der Waals surface area contributed by atoms with Crippen LogP contribution in [-0.2, 0) is 16.4 Å². The fourth-order valence-electron chi connectivity index (χ4n) is 3.97. The van der Waals surface area contributed by atoms with E-state index in [0.717, 1.165) is 45.2 Å². The molecule has 4 nitrogen and oxygen atoms in total. The first-order chi connectivity index (χ1) is 11.0. The smallest absolute Gasteiger partial charge is 0.214 e. The zero-order valence-electron chi connectivity index (χ0n) is 14.2. The zero-order chi connectivity index (χ0) is 16.4. The van der Waals surface area contributed by atoms with Crippen molar-refractivity contribution in [1.82, 2.24) is 9.21 Å². The number of hydrogen-bond donors (Lipinski definition) is 0. The number of hydrogen-bond acceptors (Lipinski definition) is 3. The molecule has 5 heteroatoms. The largest absolute Gasteiger partial charge is 0.296 e. The number of unbranched alkanes of at least 4 members (excludes halogenated alkanes) is 1. The van der Waals surface area contributed by atoms with Crippen LogP contribution in [0, 0.1) is 0 Å². The molecule has 0 aliphatic carbocycles. The third-order valence-corrected chi connectivity index (χ3v) is 7.46. The van der Waals surface area contributed by atoms with Crippen LogP contribution in [0.15, 0.2) is 24.3 Å². The van der Waals surface area contributed by atoms with Crippen LogP contribution in [0.4, 0.5) is 0 Å². The van der Waals surface area contributed by atoms with Gasteiger partial charge in [0.25, 0.3) is 0 Å². The Labute approximate surface area is 140 Å². The lowest BCUT2D eigenvalue weighted by Crippen LogP contribution is -2.49. The predicted octanol–water partition coefficient (Wildman–Crippen LogP) is 2.81. The van der Waals surface area contributed by atoms with E-state index in [-0.39, 0.29) is 11.8 Å². The maximum Gasteiger partial charge on any atom is 0.214 e. The number of sulfonamides is 1. The Bertz CT molecular complexity index is 644. The summed E-state index contributed by atoms with van der Waals surface area (Å²) in [6.45, 7) is 4.13. The monoisotopic (exact) mass is 336 g/mol. The van der Waals surface area contributed by atoms with Gasteiger partial charge in [0.1, 0.15) is 0 Å². The highest BCUT2D eigenvalue weighted by Crippen LogP contribution is 2.38. The van der Waals surface area contributed by atoms with Crippen molar-refractivity contribution in [2.75, 3.05) is 25.9 Å². The first-order valence-corrected chi connectivity index (χ1v) is 10.4. The van der Waals surface area contributed by atoms with Crippen molar-refractivity contribution in [3.05, 3.63) is 35.4 Å². The molecule has 23 heavy (non-hydrogen) atoms. The third kappa shape index (κ3) is 3.47. The van der Waals surface area contributed by atoms with Crippen molar-refractivity contribution >= 4 is 10.0 Å². The Morgan fingerprint density at radius 2 is 2.04 bits per heavy atom. The molecule has 128 valence electrons. The van der Waals surface area contributed by atoms with Crippen molar-refractivity contribution in [1.29, 1.82) is 0 Å². The van der Waals surface area contributed by atoms with Crippen molar-refractivity contribution < 1.29 is 8.42 Å². The fraction of sp³-hybridized carbons (Fsp3) is 0.667. The Morgan fingerprint density at radius 1 is 1.26 bits per heavy atom. The molecule has 2 aliphatic heterocycles. The van der Waals surface area contributed by atoms with E-state index in [4.69, 9.17) is 0 Å². The normalized spacial score (nSPS) is 25.2. The van der Waals surface area contributed by atoms with Crippen LogP contribution in [-0.4, -0.2) is 49.6 Å². The van der Waals surface area contributed by atoms with Crippen molar-refractivity contribution in [2.24, 2.45) is 0 Å². The van der Waals surface area contributed by atoms with Gasteiger partial charge in [0.15, 0.2) is 0 Å². The number of rotatable bonds is 5. The summed E-state index contributed by atoms with van der Waals surface area (Å²) >= 11 is 0. The zero-order valence-corrected chi connectivity index (χ0v) is 15.1. The van der Waals surface area contributed by atoms with E-state index >= 15 is 0 Å². The molecule has 2 heterocycles. The van der Waals surface area contributed by atoms with Crippen LogP contribution >= 0.6 is 0 Å². The summed E-state index contributed by atoms with van der Waals surface area (Å²) < 4.78 is 26.7. The van der Waals surface area contributed by atoms with Crippen molar-refractivity contribution in [3.8, 4) is 0 Å². The van der Waals surface area contributed by atoms with Gasteiger partial charge in [0.2, 0.25) is 10.0 Å². The highest BCUT2D eigenvalue weighted by molar-refractivity contribution is 7.89. The summed E-state index contributed by atoms with van der Waals surface area (Å²) in [5.74, 6) is 0.279. The molecule has 1 saturated heterocycles. The Kier molecular flexibility index (Phi) is 5.09. The Balaban J connectivity index is 1.76. The molecule has 0 aromatic heterocycles. The van der Waals surface area contributed by atoms with E-state index < -0.39 is 10.0 Å². The van der Waals surface area contributed by atoms with Crippen molar-refractivity contribution in [2.45, 2.75) is 51.1 Å². The average molecular weight is 337 g/mol. The van der Waals surface area contributed by atoms with E-state index in [9.17, 15) is 8.42 Å². The minimum atomic E-state index is -3.12. The molecule has 3 rings (SSSR count). The van der Waals surface area contributed by atoms with Crippen LogP contribution in [0.3, 0.4) is 0 Å². The summed E-state index contributed by atoms with van der Waals surface area (Å²) in [4.78, 5) is 2.53. The molecule has 0 saturated carbocycles. The summed E-state index contributed by atoms with van der Waals surface area (Å²) in [6, 6.07) is 9.16. The molecular weight excluding hydrogens is 308 g/mol. The van der Waals surface area contributed by atoms with Gasteiger partial charge in [-0.2, -0.15) is 0 Å². The Hall–Kier alpha value is -0.910. The summed E-state index contributed by atoms with van der Waals surface area (Å²) in [7, 11) is -1.34. The molecule has 0 amide bonds. The molecule has 1 aromatic rings. The minimum absolute atomic E-state index is 0.129. The van der Waals surface area contributed by atoms with Gasteiger partial charge < -0.3 is 0 Å². The van der Waals surface area contributed by atoms with Crippen LogP contribution in [0.1, 0.15) is 49.8 Å². The van der Waals surface area contributed by atoms with Crippen LogP contribution in [0.25, 0.3) is 0 Å². The maximum atomic E-state index is 12.5.